The molecule has 1 aliphatic heterocycles. The summed E-state index contributed by atoms with van der Waals surface area (Å²) in [5.74, 6) is 2.29. The van der Waals surface area contributed by atoms with Gasteiger partial charge in [-0.2, -0.15) is 0 Å². The molecule has 1 amide bonds. The van der Waals surface area contributed by atoms with Crippen LogP contribution >= 0.6 is 0 Å². The molecule has 1 saturated heterocycles. The van der Waals surface area contributed by atoms with Gasteiger partial charge in [0.05, 0.1) is 17.9 Å². The largest absolute Gasteiger partial charge is 0.493 e. The van der Waals surface area contributed by atoms with Crippen LogP contribution in [0.1, 0.15) is 41.7 Å². The number of pyridine rings is 1. The van der Waals surface area contributed by atoms with Crippen molar-refractivity contribution in [2.75, 3.05) is 38.7 Å². The number of hydrogen-bond donors (Lipinski definition) is 0. The molecule has 166 valence electrons. The zero-order valence-corrected chi connectivity index (χ0v) is 18.9. The van der Waals surface area contributed by atoms with Crippen LogP contribution in [-0.2, 0) is 0 Å². The van der Waals surface area contributed by atoms with E-state index >= 15 is 0 Å². The van der Waals surface area contributed by atoms with Crippen molar-refractivity contribution in [3.63, 3.8) is 0 Å². The number of piperidine rings is 1. The third-order valence-electron chi connectivity index (χ3n) is 5.65. The molecule has 7 nitrogen and oxygen atoms in total. The minimum absolute atomic E-state index is 0.00752. The fourth-order valence-electron chi connectivity index (χ4n) is 4.01. The zero-order chi connectivity index (χ0) is 22.5. The predicted molar refractivity (Wildman–Crippen MR) is 125 cm³/mol. The molecule has 2 aromatic heterocycles. The fourth-order valence-corrected chi connectivity index (χ4v) is 4.01. The Kier molecular flexibility index (Phi) is 6.63. The van der Waals surface area contributed by atoms with Crippen LogP contribution in [0.15, 0.2) is 54.9 Å². The van der Waals surface area contributed by atoms with E-state index in [1.807, 2.05) is 73.3 Å². The van der Waals surface area contributed by atoms with Gasteiger partial charge in [-0.1, -0.05) is 12.1 Å². The molecule has 0 saturated carbocycles. The quantitative estimate of drug-likeness (QED) is 0.587. The number of benzene rings is 1. The molecule has 1 aliphatic rings. The molecule has 0 aliphatic carbocycles. The van der Waals surface area contributed by atoms with E-state index < -0.39 is 0 Å². The third-order valence-corrected chi connectivity index (χ3v) is 5.65. The van der Waals surface area contributed by atoms with Gasteiger partial charge in [-0.25, -0.2) is 9.97 Å². The Morgan fingerprint density at radius 3 is 2.78 bits per heavy atom. The lowest BCUT2D eigenvalue weighted by atomic mass is 9.93. The fraction of sp³-hybridized carbons (Fsp3) is 0.360. The highest BCUT2D eigenvalue weighted by molar-refractivity contribution is 5.97. The summed E-state index contributed by atoms with van der Waals surface area (Å²) in [5.41, 5.74) is 2.45. The van der Waals surface area contributed by atoms with Gasteiger partial charge in [0.25, 0.3) is 5.91 Å². The van der Waals surface area contributed by atoms with E-state index in [2.05, 4.69) is 4.98 Å². The van der Waals surface area contributed by atoms with Crippen molar-refractivity contribution in [2.24, 2.45) is 0 Å². The van der Waals surface area contributed by atoms with Crippen LogP contribution in [0.5, 0.6) is 5.75 Å². The summed E-state index contributed by atoms with van der Waals surface area (Å²) in [7, 11) is 3.95. The number of ether oxygens (including phenoxy) is 1. The first-order chi connectivity index (χ1) is 15.6. The molecule has 7 heteroatoms. The van der Waals surface area contributed by atoms with Gasteiger partial charge < -0.3 is 14.5 Å². The van der Waals surface area contributed by atoms with E-state index in [4.69, 9.17) is 14.7 Å². The topological polar surface area (TPSA) is 71.5 Å². The number of carbonyl (C=O) groups is 1. The second kappa shape index (κ2) is 9.77. The van der Waals surface area contributed by atoms with E-state index in [9.17, 15) is 4.79 Å². The molecule has 0 N–H and O–H groups in total. The number of hydrogen-bond acceptors (Lipinski definition) is 6. The summed E-state index contributed by atoms with van der Waals surface area (Å²) in [6, 6.07) is 13.4. The first-order valence-electron chi connectivity index (χ1n) is 11.0. The number of aromatic nitrogens is 3. The van der Waals surface area contributed by atoms with Crippen LogP contribution in [0.2, 0.25) is 0 Å². The molecule has 0 spiro atoms. The Balaban J connectivity index is 1.62. The lowest BCUT2D eigenvalue weighted by Gasteiger charge is -2.33. The lowest BCUT2D eigenvalue weighted by Crippen LogP contribution is -2.39. The maximum Gasteiger partial charge on any atom is 0.257 e. The number of amides is 1. The Bertz CT molecular complexity index is 1070. The van der Waals surface area contributed by atoms with Gasteiger partial charge in [0, 0.05) is 57.1 Å². The number of likely N-dealkylation sites (tertiary alicyclic amines) is 1. The predicted octanol–water partition coefficient (Wildman–Crippen LogP) is 4.02. The van der Waals surface area contributed by atoms with E-state index in [1.165, 1.54) is 0 Å². The average Bonchev–Trinajstić information content (AvgIpc) is 2.84. The maximum absolute atomic E-state index is 13.3. The number of rotatable bonds is 6. The highest BCUT2D eigenvalue weighted by atomic mass is 16.5. The zero-order valence-electron chi connectivity index (χ0n) is 18.9. The molecule has 3 heterocycles. The highest BCUT2D eigenvalue weighted by Gasteiger charge is 2.28. The van der Waals surface area contributed by atoms with Crippen molar-refractivity contribution >= 4 is 11.7 Å². The van der Waals surface area contributed by atoms with Crippen molar-refractivity contribution in [3.8, 4) is 17.1 Å². The summed E-state index contributed by atoms with van der Waals surface area (Å²) in [6.45, 7) is 3.81. The van der Waals surface area contributed by atoms with Crippen molar-refractivity contribution in [1.82, 2.24) is 19.9 Å². The third kappa shape index (κ3) is 4.72. The molecule has 0 bridgehead atoms. The Morgan fingerprint density at radius 2 is 2.03 bits per heavy atom. The van der Waals surface area contributed by atoms with Gasteiger partial charge >= 0.3 is 0 Å². The Labute approximate surface area is 189 Å². The highest BCUT2D eigenvalue weighted by Crippen LogP contribution is 2.31. The summed E-state index contributed by atoms with van der Waals surface area (Å²) in [6.07, 6.45) is 5.43. The summed E-state index contributed by atoms with van der Waals surface area (Å²) in [5, 5.41) is 0. The SMILES string of the molecule is CCOc1ccccc1C(=O)N1CCCC(c2cc(N(C)C)nc(-c3cccnc3)n2)C1. The van der Waals surface area contributed by atoms with Crippen LogP contribution in [-0.4, -0.2) is 59.6 Å². The molecule has 1 fully saturated rings. The smallest absolute Gasteiger partial charge is 0.257 e. The van der Waals surface area contributed by atoms with Crippen LogP contribution in [0, 0.1) is 0 Å². The van der Waals surface area contributed by atoms with Crippen LogP contribution in [0.25, 0.3) is 11.4 Å². The number of anilines is 1. The second-order valence-corrected chi connectivity index (χ2v) is 8.13. The summed E-state index contributed by atoms with van der Waals surface area (Å²) in [4.78, 5) is 31.0. The van der Waals surface area contributed by atoms with Gasteiger partial charge in [0.1, 0.15) is 11.6 Å². The van der Waals surface area contributed by atoms with Crippen molar-refractivity contribution in [1.29, 1.82) is 0 Å². The summed E-state index contributed by atoms with van der Waals surface area (Å²) < 4.78 is 5.69. The van der Waals surface area contributed by atoms with Crippen LogP contribution in [0.4, 0.5) is 5.82 Å². The first kappa shape index (κ1) is 21.7. The van der Waals surface area contributed by atoms with Gasteiger partial charge in [-0.15, -0.1) is 0 Å². The molecule has 1 aromatic carbocycles. The molecule has 0 radical (unpaired) electrons. The minimum Gasteiger partial charge on any atom is -0.493 e. The number of para-hydroxylation sites is 1. The monoisotopic (exact) mass is 431 g/mol. The van der Waals surface area contributed by atoms with Crippen LogP contribution < -0.4 is 9.64 Å². The lowest BCUT2D eigenvalue weighted by molar-refractivity contribution is 0.0702. The standard InChI is InChI=1S/C25H29N5O2/c1-4-32-22-12-6-5-11-20(22)25(31)30-14-8-10-19(17-30)21-15-23(29(2)3)28-24(27-21)18-9-7-13-26-16-18/h5-7,9,11-13,15-16,19H,4,8,10,14,17H2,1-3H3. The maximum atomic E-state index is 13.3. The molecule has 4 rings (SSSR count). The molecule has 1 atom stereocenters. The van der Waals surface area contributed by atoms with Gasteiger partial charge in [-0.05, 0) is 44.0 Å². The van der Waals surface area contributed by atoms with Crippen molar-refractivity contribution in [3.05, 3.63) is 66.1 Å². The van der Waals surface area contributed by atoms with E-state index in [1.54, 1.807) is 12.4 Å². The normalized spacial score (nSPS) is 16.0. The van der Waals surface area contributed by atoms with E-state index in [0.29, 0.717) is 30.3 Å². The molecule has 1 unspecified atom stereocenters. The number of nitrogens with zero attached hydrogens (tertiary/aromatic N) is 5. The Hall–Kier alpha value is -3.48. The molecular weight excluding hydrogens is 402 g/mol. The van der Waals surface area contributed by atoms with Crippen LogP contribution in [0.3, 0.4) is 0 Å². The van der Waals surface area contributed by atoms with Crippen molar-refractivity contribution in [2.45, 2.75) is 25.7 Å². The van der Waals surface area contributed by atoms with Gasteiger partial charge in [0.2, 0.25) is 0 Å². The molecular formula is C25H29N5O2. The first-order valence-corrected chi connectivity index (χ1v) is 11.0. The Morgan fingerprint density at radius 1 is 1.19 bits per heavy atom. The average molecular weight is 432 g/mol. The summed E-state index contributed by atoms with van der Waals surface area (Å²) >= 11 is 0. The number of carbonyl (C=O) groups excluding carboxylic acids is 1. The van der Waals surface area contributed by atoms with E-state index in [0.717, 1.165) is 36.5 Å². The van der Waals surface area contributed by atoms with E-state index in [-0.39, 0.29) is 11.8 Å². The van der Waals surface area contributed by atoms with Crippen molar-refractivity contribution < 1.29 is 9.53 Å². The van der Waals surface area contributed by atoms with Gasteiger partial charge in [0.15, 0.2) is 5.82 Å². The minimum atomic E-state index is 0.00752. The molecule has 32 heavy (non-hydrogen) atoms. The molecule has 3 aromatic rings. The second-order valence-electron chi connectivity index (χ2n) is 8.13. The van der Waals surface area contributed by atoms with Gasteiger partial charge in [-0.3, -0.25) is 9.78 Å².